The molecule has 10 heteroatoms. The van der Waals surface area contributed by atoms with Crippen molar-refractivity contribution in [3.8, 4) is 11.5 Å². The molecular weight excluding hydrogens is 562 g/mol. The van der Waals surface area contributed by atoms with Gasteiger partial charge in [0.2, 0.25) is 6.41 Å². The molecular formula is C30H34Cl2F3N3O2. The van der Waals surface area contributed by atoms with E-state index in [2.05, 4.69) is 29.3 Å². The first-order valence-electron chi connectivity index (χ1n) is 13.1. The summed E-state index contributed by atoms with van der Waals surface area (Å²) in [5.41, 5.74) is 4.61. The molecule has 1 amide bonds. The lowest BCUT2D eigenvalue weighted by Gasteiger charge is -2.33. The fourth-order valence-corrected chi connectivity index (χ4v) is 5.48. The SMILES string of the molecule is Cc1ccc(N(C=O)[C@H]2CCCN2)cc1C1CCN(Cc2ccc(Oc3cc(F)c(F)cc3F)cc2)CC1.Cl.Cl. The zero-order chi connectivity index (χ0) is 26.6. The van der Waals surface area contributed by atoms with Crippen LogP contribution in [0.5, 0.6) is 11.5 Å². The third kappa shape index (κ3) is 7.29. The Morgan fingerprint density at radius 3 is 2.30 bits per heavy atom. The summed E-state index contributed by atoms with van der Waals surface area (Å²) in [6.45, 7) is 5.76. The average Bonchev–Trinajstić information content (AvgIpc) is 3.45. The summed E-state index contributed by atoms with van der Waals surface area (Å²) in [6, 6.07) is 14.8. The van der Waals surface area contributed by atoms with Crippen molar-refractivity contribution >= 4 is 36.9 Å². The summed E-state index contributed by atoms with van der Waals surface area (Å²) in [7, 11) is 0. The highest BCUT2D eigenvalue weighted by molar-refractivity contribution is 5.85. The molecule has 2 aliphatic rings. The Hall–Kier alpha value is -2.78. The molecule has 1 atom stereocenters. The van der Waals surface area contributed by atoms with Crippen LogP contribution in [0.3, 0.4) is 0 Å². The van der Waals surface area contributed by atoms with Gasteiger partial charge in [0.25, 0.3) is 0 Å². The molecule has 2 heterocycles. The van der Waals surface area contributed by atoms with Crippen LogP contribution in [0.15, 0.2) is 54.6 Å². The minimum atomic E-state index is -1.25. The molecule has 3 aromatic rings. The lowest BCUT2D eigenvalue weighted by Crippen LogP contribution is -2.41. The fraction of sp³-hybridized carbons (Fsp3) is 0.367. The van der Waals surface area contributed by atoms with Crippen LogP contribution in [0.2, 0.25) is 0 Å². The first-order valence-corrected chi connectivity index (χ1v) is 13.1. The fourth-order valence-electron chi connectivity index (χ4n) is 5.48. The molecule has 0 bridgehead atoms. The van der Waals surface area contributed by atoms with Gasteiger partial charge in [0.15, 0.2) is 23.2 Å². The summed E-state index contributed by atoms with van der Waals surface area (Å²) in [5.74, 6) is -2.92. The van der Waals surface area contributed by atoms with E-state index in [0.717, 1.165) is 69.5 Å². The zero-order valence-corrected chi connectivity index (χ0v) is 23.9. The van der Waals surface area contributed by atoms with Gasteiger partial charge in [-0.15, -0.1) is 24.8 Å². The minimum absolute atomic E-state index is 0. The van der Waals surface area contributed by atoms with Crippen LogP contribution < -0.4 is 15.0 Å². The molecule has 2 fully saturated rings. The Kier molecular flexibility index (Phi) is 11.3. The van der Waals surface area contributed by atoms with Crippen molar-refractivity contribution in [1.29, 1.82) is 0 Å². The number of hydrogen-bond donors (Lipinski definition) is 1. The first-order chi connectivity index (χ1) is 18.4. The number of likely N-dealkylation sites (tertiary alicyclic amines) is 1. The number of nitrogens with zero attached hydrogens (tertiary/aromatic N) is 2. The van der Waals surface area contributed by atoms with Gasteiger partial charge in [-0.05, 0) is 99.1 Å². The number of nitrogens with one attached hydrogen (secondary N) is 1. The number of hydrogen-bond acceptors (Lipinski definition) is 4. The van der Waals surface area contributed by atoms with Crippen molar-refractivity contribution in [1.82, 2.24) is 10.2 Å². The number of amides is 1. The van der Waals surface area contributed by atoms with E-state index in [-0.39, 0.29) is 36.7 Å². The third-order valence-electron chi connectivity index (χ3n) is 7.60. The normalized spacial score (nSPS) is 17.6. The van der Waals surface area contributed by atoms with Crippen LogP contribution in [0, 0.1) is 24.4 Å². The first kappa shape index (κ1) is 31.7. The Morgan fingerprint density at radius 1 is 0.950 bits per heavy atom. The van der Waals surface area contributed by atoms with Crippen molar-refractivity contribution in [2.75, 3.05) is 24.5 Å². The van der Waals surface area contributed by atoms with E-state index < -0.39 is 17.5 Å². The van der Waals surface area contributed by atoms with Crippen LogP contribution in [-0.2, 0) is 11.3 Å². The third-order valence-corrected chi connectivity index (χ3v) is 7.60. The molecule has 40 heavy (non-hydrogen) atoms. The van der Waals surface area contributed by atoms with E-state index >= 15 is 0 Å². The van der Waals surface area contributed by atoms with Gasteiger partial charge < -0.3 is 4.74 Å². The number of halogens is 5. The van der Waals surface area contributed by atoms with Gasteiger partial charge in [-0.2, -0.15) is 0 Å². The lowest BCUT2D eigenvalue weighted by atomic mass is 9.86. The molecule has 0 unspecified atom stereocenters. The molecule has 3 aromatic carbocycles. The summed E-state index contributed by atoms with van der Waals surface area (Å²) < 4.78 is 45.9. The van der Waals surface area contributed by atoms with E-state index in [0.29, 0.717) is 23.8 Å². The number of rotatable bonds is 8. The minimum Gasteiger partial charge on any atom is -0.454 e. The Morgan fingerprint density at radius 2 is 1.65 bits per heavy atom. The topological polar surface area (TPSA) is 44.8 Å². The highest BCUT2D eigenvalue weighted by Gasteiger charge is 2.25. The van der Waals surface area contributed by atoms with Crippen molar-refractivity contribution in [3.63, 3.8) is 0 Å². The van der Waals surface area contributed by atoms with E-state index in [1.807, 2.05) is 23.1 Å². The van der Waals surface area contributed by atoms with Crippen LogP contribution in [0.4, 0.5) is 18.9 Å². The van der Waals surface area contributed by atoms with Crippen LogP contribution in [0.1, 0.15) is 48.3 Å². The molecule has 0 saturated carbocycles. The summed E-state index contributed by atoms with van der Waals surface area (Å²) >= 11 is 0. The average molecular weight is 597 g/mol. The number of piperidine rings is 1. The molecule has 1 N–H and O–H groups in total. The molecule has 0 radical (unpaired) electrons. The van der Waals surface area contributed by atoms with Crippen molar-refractivity contribution in [2.24, 2.45) is 0 Å². The van der Waals surface area contributed by atoms with Gasteiger partial charge in [0, 0.05) is 24.4 Å². The van der Waals surface area contributed by atoms with Gasteiger partial charge in [0.05, 0.1) is 6.17 Å². The van der Waals surface area contributed by atoms with Crippen LogP contribution in [0.25, 0.3) is 0 Å². The molecule has 5 nitrogen and oxygen atoms in total. The number of ether oxygens (including phenoxy) is 1. The lowest BCUT2D eigenvalue weighted by molar-refractivity contribution is -0.107. The highest BCUT2D eigenvalue weighted by atomic mass is 35.5. The molecule has 216 valence electrons. The zero-order valence-electron chi connectivity index (χ0n) is 22.2. The largest absolute Gasteiger partial charge is 0.454 e. The summed E-state index contributed by atoms with van der Waals surface area (Å²) in [6.07, 6.45) is 5.11. The second-order valence-electron chi connectivity index (χ2n) is 10.2. The highest BCUT2D eigenvalue weighted by Crippen LogP contribution is 2.34. The Bertz CT molecular complexity index is 1280. The molecule has 2 saturated heterocycles. The molecule has 0 spiro atoms. The summed E-state index contributed by atoms with van der Waals surface area (Å²) in [4.78, 5) is 16.1. The number of carbonyl (C=O) groups excluding carboxylic acids is 1. The summed E-state index contributed by atoms with van der Waals surface area (Å²) in [5, 5.41) is 3.41. The standard InChI is InChI=1S/C30H32F3N3O2.2ClH/c1-20-4-7-23(36(19-37)30-3-2-12-34-30)15-25(20)22-10-13-35(14-11-22)18-21-5-8-24(9-6-21)38-29-17-27(32)26(31)16-28(29)33;;/h4-9,15-17,19,22,30,34H,2-3,10-14,18H2,1H3;2*1H/t30-;;/m0../s1. The van der Waals surface area contributed by atoms with Crippen molar-refractivity contribution in [2.45, 2.75) is 51.2 Å². The number of benzene rings is 3. The second kappa shape index (κ2) is 14.2. The predicted octanol–water partition coefficient (Wildman–Crippen LogP) is 7.10. The molecule has 0 aliphatic carbocycles. The predicted molar refractivity (Wildman–Crippen MR) is 155 cm³/mol. The second-order valence-corrected chi connectivity index (χ2v) is 10.2. The Balaban J connectivity index is 0.00000220. The van der Waals surface area contributed by atoms with E-state index in [4.69, 9.17) is 4.74 Å². The number of carbonyl (C=O) groups is 1. The Labute approximate surface area is 245 Å². The molecule has 5 rings (SSSR count). The van der Waals surface area contributed by atoms with E-state index in [9.17, 15) is 18.0 Å². The monoisotopic (exact) mass is 595 g/mol. The van der Waals surface area contributed by atoms with E-state index in [1.165, 1.54) is 11.1 Å². The molecule has 0 aromatic heterocycles. The van der Waals surface area contributed by atoms with E-state index in [1.54, 1.807) is 12.1 Å². The smallest absolute Gasteiger partial charge is 0.215 e. The molecule has 2 aliphatic heterocycles. The van der Waals surface area contributed by atoms with Gasteiger partial charge in [-0.25, -0.2) is 13.2 Å². The van der Waals surface area contributed by atoms with Gasteiger partial charge in [0.1, 0.15) is 5.75 Å². The van der Waals surface area contributed by atoms with Gasteiger partial charge in [-0.3, -0.25) is 19.9 Å². The van der Waals surface area contributed by atoms with Crippen LogP contribution in [-0.4, -0.2) is 37.1 Å². The quantitative estimate of drug-likeness (QED) is 0.223. The van der Waals surface area contributed by atoms with Gasteiger partial charge >= 0.3 is 0 Å². The maximum absolute atomic E-state index is 13.9. The van der Waals surface area contributed by atoms with Crippen molar-refractivity contribution < 1.29 is 22.7 Å². The maximum atomic E-state index is 13.9. The number of anilines is 1. The maximum Gasteiger partial charge on any atom is 0.215 e. The van der Waals surface area contributed by atoms with Crippen molar-refractivity contribution in [3.05, 3.63) is 88.7 Å². The van der Waals surface area contributed by atoms with Gasteiger partial charge in [-0.1, -0.05) is 18.2 Å². The van der Waals surface area contributed by atoms with Crippen LogP contribution >= 0.6 is 24.8 Å². The number of aryl methyl sites for hydroxylation is 1.